The molecule has 3 nitrogen and oxygen atoms in total. The molecule has 1 unspecified atom stereocenters. The van der Waals surface area contributed by atoms with Crippen molar-refractivity contribution in [1.82, 2.24) is 0 Å². The average Bonchev–Trinajstić information content (AvgIpc) is 2.34. The van der Waals surface area contributed by atoms with Crippen LogP contribution in [0, 0.1) is 5.92 Å². The van der Waals surface area contributed by atoms with Crippen LogP contribution in [-0.4, -0.2) is 19.8 Å². The smallest absolute Gasteiger partial charge is 0.123 e. The number of ether oxygens (including phenoxy) is 2. The van der Waals surface area contributed by atoms with Crippen molar-refractivity contribution in [3.8, 4) is 11.5 Å². The van der Waals surface area contributed by atoms with Crippen molar-refractivity contribution in [2.24, 2.45) is 11.7 Å². The zero-order valence-corrected chi connectivity index (χ0v) is 13.0. The Labute approximate surface area is 117 Å². The fraction of sp³-hybridized carbons (Fsp3) is 0.625. The monoisotopic (exact) mass is 265 g/mol. The third-order valence-corrected chi connectivity index (χ3v) is 3.28. The van der Waals surface area contributed by atoms with Crippen LogP contribution in [0.15, 0.2) is 18.2 Å². The molecule has 2 N–H and O–H groups in total. The molecular formula is C16H27NO2. The molecule has 0 radical (unpaired) electrons. The van der Waals surface area contributed by atoms with E-state index in [9.17, 15) is 0 Å². The summed E-state index contributed by atoms with van der Waals surface area (Å²) >= 11 is 0. The lowest BCUT2D eigenvalue weighted by Crippen LogP contribution is -2.33. The Bertz CT molecular complexity index is 408. The first-order chi connectivity index (χ1) is 8.75. The third kappa shape index (κ3) is 4.43. The van der Waals surface area contributed by atoms with Crippen LogP contribution in [0.25, 0.3) is 0 Å². The van der Waals surface area contributed by atoms with Crippen molar-refractivity contribution < 1.29 is 9.47 Å². The van der Waals surface area contributed by atoms with E-state index >= 15 is 0 Å². The molecule has 3 heteroatoms. The van der Waals surface area contributed by atoms with Crippen molar-refractivity contribution >= 4 is 0 Å². The summed E-state index contributed by atoms with van der Waals surface area (Å²) in [7, 11) is 1.68. The molecule has 0 bridgehead atoms. The van der Waals surface area contributed by atoms with E-state index in [-0.39, 0.29) is 11.5 Å². The van der Waals surface area contributed by atoms with Gasteiger partial charge in [-0.3, -0.25) is 0 Å². The van der Waals surface area contributed by atoms with Crippen molar-refractivity contribution in [3.05, 3.63) is 23.8 Å². The van der Waals surface area contributed by atoms with Gasteiger partial charge in [0.1, 0.15) is 18.1 Å². The largest absolute Gasteiger partial charge is 0.497 e. The molecule has 0 saturated heterocycles. The lowest BCUT2D eigenvalue weighted by molar-refractivity contribution is 0.254. The van der Waals surface area contributed by atoms with Crippen LogP contribution < -0.4 is 15.2 Å². The molecule has 0 spiro atoms. The van der Waals surface area contributed by atoms with Gasteiger partial charge in [-0.25, -0.2) is 0 Å². The Morgan fingerprint density at radius 2 is 1.84 bits per heavy atom. The van der Waals surface area contributed by atoms with Gasteiger partial charge in [-0.2, -0.15) is 0 Å². The SMILES string of the molecule is COc1ccc(OCC(N)C(C)C)c(C(C)(C)C)c1. The van der Waals surface area contributed by atoms with E-state index in [4.69, 9.17) is 15.2 Å². The second-order valence-corrected chi connectivity index (χ2v) is 6.33. The Hall–Kier alpha value is -1.22. The number of benzene rings is 1. The van der Waals surface area contributed by atoms with Gasteiger partial charge in [-0.15, -0.1) is 0 Å². The minimum absolute atomic E-state index is 0.00575. The van der Waals surface area contributed by atoms with Crippen molar-refractivity contribution in [1.29, 1.82) is 0 Å². The zero-order chi connectivity index (χ0) is 14.6. The second kappa shape index (κ2) is 6.29. The minimum Gasteiger partial charge on any atom is -0.497 e. The van der Waals surface area contributed by atoms with Gasteiger partial charge in [0.25, 0.3) is 0 Å². The molecule has 0 saturated carbocycles. The summed E-state index contributed by atoms with van der Waals surface area (Å²) in [5.74, 6) is 2.16. The van der Waals surface area contributed by atoms with E-state index in [1.165, 1.54) is 0 Å². The van der Waals surface area contributed by atoms with E-state index in [0.29, 0.717) is 12.5 Å². The summed E-state index contributed by atoms with van der Waals surface area (Å²) in [6.45, 7) is 11.2. The number of hydrogen-bond acceptors (Lipinski definition) is 3. The Balaban J connectivity index is 2.94. The van der Waals surface area contributed by atoms with Crippen molar-refractivity contribution in [2.75, 3.05) is 13.7 Å². The van der Waals surface area contributed by atoms with Crippen molar-refractivity contribution in [2.45, 2.75) is 46.1 Å². The molecule has 19 heavy (non-hydrogen) atoms. The van der Waals surface area contributed by atoms with Gasteiger partial charge in [-0.1, -0.05) is 34.6 Å². The highest BCUT2D eigenvalue weighted by atomic mass is 16.5. The molecule has 0 aromatic heterocycles. The molecule has 0 amide bonds. The minimum atomic E-state index is 0.00575. The molecule has 0 fully saturated rings. The van der Waals surface area contributed by atoms with Crippen LogP contribution in [0.2, 0.25) is 0 Å². The number of hydrogen-bond donors (Lipinski definition) is 1. The van der Waals surface area contributed by atoms with E-state index < -0.39 is 0 Å². The normalized spacial score (nSPS) is 13.5. The molecule has 0 aliphatic carbocycles. The maximum atomic E-state index is 6.03. The highest BCUT2D eigenvalue weighted by molar-refractivity contribution is 5.44. The van der Waals surface area contributed by atoms with Crippen LogP contribution in [0.1, 0.15) is 40.2 Å². The predicted molar refractivity (Wildman–Crippen MR) is 80.0 cm³/mol. The van der Waals surface area contributed by atoms with E-state index in [0.717, 1.165) is 17.1 Å². The third-order valence-electron chi connectivity index (χ3n) is 3.28. The number of rotatable bonds is 5. The molecular weight excluding hydrogens is 238 g/mol. The highest BCUT2D eigenvalue weighted by Gasteiger charge is 2.20. The zero-order valence-electron chi connectivity index (χ0n) is 13.0. The van der Waals surface area contributed by atoms with Gasteiger partial charge >= 0.3 is 0 Å². The molecule has 108 valence electrons. The molecule has 0 heterocycles. The summed E-state index contributed by atoms with van der Waals surface area (Å²) in [5, 5.41) is 0. The molecule has 1 atom stereocenters. The van der Waals surface area contributed by atoms with E-state index in [1.807, 2.05) is 18.2 Å². The van der Waals surface area contributed by atoms with Gasteiger partial charge in [-0.05, 0) is 29.5 Å². The van der Waals surface area contributed by atoms with Gasteiger partial charge < -0.3 is 15.2 Å². The van der Waals surface area contributed by atoms with Crippen LogP contribution in [0.3, 0.4) is 0 Å². The number of nitrogens with two attached hydrogens (primary N) is 1. The summed E-state index contributed by atoms with van der Waals surface area (Å²) in [4.78, 5) is 0. The molecule has 0 aliphatic heterocycles. The summed E-state index contributed by atoms with van der Waals surface area (Å²) in [6, 6.07) is 5.98. The van der Waals surface area contributed by atoms with E-state index in [2.05, 4.69) is 34.6 Å². The summed E-state index contributed by atoms with van der Waals surface area (Å²) in [5.41, 5.74) is 7.18. The van der Waals surface area contributed by atoms with Gasteiger partial charge in [0.2, 0.25) is 0 Å². The van der Waals surface area contributed by atoms with E-state index in [1.54, 1.807) is 7.11 Å². The fourth-order valence-corrected chi connectivity index (χ4v) is 1.73. The first-order valence-corrected chi connectivity index (χ1v) is 6.82. The first-order valence-electron chi connectivity index (χ1n) is 6.82. The van der Waals surface area contributed by atoms with Crippen LogP contribution in [-0.2, 0) is 5.41 Å². The van der Waals surface area contributed by atoms with Crippen LogP contribution in [0.4, 0.5) is 0 Å². The Morgan fingerprint density at radius 3 is 2.32 bits per heavy atom. The fourth-order valence-electron chi connectivity index (χ4n) is 1.73. The standard InChI is InChI=1S/C16H27NO2/c1-11(2)14(17)10-19-15-8-7-12(18-6)9-13(15)16(3,4)5/h7-9,11,14H,10,17H2,1-6H3. The molecule has 0 aliphatic rings. The molecule has 1 aromatic carbocycles. The lowest BCUT2D eigenvalue weighted by Gasteiger charge is -2.25. The lowest BCUT2D eigenvalue weighted by atomic mass is 9.86. The average molecular weight is 265 g/mol. The molecule has 1 aromatic rings. The van der Waals surface area contributed by atoms with Gasteiger partial charge in [0.15, 0.2) is 0 Å². The summed E-state index contributed by atoms with van der Waals surface area (Å²) in [6.07, 6.45) is 0. The summed E-state index contributed by atoms with van der Waals surface area (Å²) < 4.78 is 11.2. The maximum Gasteiger partial charge on any atom is 0.123 e. The second-order valence-electron chi connectivity index (χ2n) is 6.33. The van der Waals surface area contributed by atoms with Gasteiger partial charge in [0, 0.05) is 11.6 Å². The Morgan fingerprint density at radius 1 is 1.21 bits per heavy atom. The Kier molecular flexibility index (Phi) is 5.24. The maximum absolute atomic E-state index is 6.03. The first kappa shape index (κ1) is 15.8. The molecule has 1 rings (SSSR count). The van der Waals surface area contributed by atoms with Crippen molar-refractivity contribution in [3.63, 3.8) is 0 Å². The van der Waals surface area contributed by atoms with Gasteiger partial charge in [0.05, 0.1) is 7.11 Å². The highest BCUT2D eigenvalue weighted by Crippen LogP contribution is 2.34. The van der Waals surface area contributed by atoms with Crippen LogP contribution in [0.5, 0.6) is 11.5 Å². The quantitative estimate of drug-likeness (QED) is 0.888. The topological polar surface area (TPSA) is 44.5 Å². The van der Waals surface area contributed by atoms with Crippen LogP contribution >= 0.6 is 0 Å². The number of methoxy groups -OCH3 is 1. The predicted octanol–water partition coefficient (Wildman–Crippen LogP) is 3.35.